The molecule has 0 aromatic rings. The molecule has 0 spiro atoms. The number of nitrogens with zero attached hydrogens (tertiary/aromatic N) is 1. The summed E-state index contributed by atoms with van der Waals surface area (Å²) < 4.78 is 5.89. The van der Waals surface area contributed by atoms with Crippen LogP contribution >= 0.6 is 24.0 Å². The molecule has 0 radical (unpaired) electrons. The van der Waals surface area contributed by atoms with Crippen molar-refractivity contribution in [1.29, 1.82) is 0 Å². The third-order valence-electron chi connectivity index (χ3n) is 5.60. The fourth-order valence-electron chi connectivity index (χ4n) is 4.01. The molecule has 4 nitrogen and oxygen atoms in total. The molecular weight excluding hydrogens is 365 g/mol. The number of halogens is 1. The Morgan fingerprint density at radius 1 is 1.25 bits per heavy atom. The van der Waals surface area contributed by atoms with Crippen molar-refractivity contribution in [3.63, 3.8) is 0 Å². The van der Waals surface area contributed by atoms with Gasteiger partial charge < -0.3 is 15.4 Å². The lowest BCUT2D eigenvalue weighted by Gasteiger charge is -2.24. The topological polar surface area (TPSA) is 45.7 Å². The molecule has 2 bridgehead atoms. The average molecular weight is 391 g/mol. The van der Waals surface area contributed by atoms with Gasteiger partial charge in [-0.25, -0.2) is 0 Å². The highest BCUT2D eigenvalue weighted by Crippen LogP contribution is 2.60. The molecule has 2 heterocycles. The van der Waals surface area contributed by atoms with E-state index >= 15 is 0 Å². The Hall–Kier alpha value is -0.0400. The summed E-state index contributed by atoms with van der Waals surface area (Å²) in [6.45, 7) is 1.11. The van der Waals surface area contributed by atoms with Gasteiger partial charge in [0, 0.05) is 13.6 Å². The van der Waals surface area contributed by atoms with Crippen LogP contribution in [0, 0.1) is 11.3 Å². The minimum atomic E-state index is 0. The van der Waals surface area contributed by atoms with E-state index in [1.165, 1.54) is 38.5 Å². The zero-order valence-corrected chi connectivity index (χ0v) is 14.6. The molecule has 2 aliphatic carbocycles. The standard InChI is InChI=1S/C15H25N3O.HI/c1-16-14(17-9-15(6-7-15)10-2-3-10)18-12-8-11-4-5-13(12)19-11;/h10-13H,2-9H2,1H3,(H2,16,17,18);1H. The summed E-state index contributed by atoms with van der Waals surface area (Å²) in [5.74, 6) is 1.98. The van der Waals surface area contributed by atoms with Gasteiger partial charge >= 0.3 is 0 Å². The minimum Gasteiger partial charge on any atom is -0.373 e. The maximum absolute atomic E-state index is 5.89. The lowest BCUT2D eigenvalue weighted by Crippen LogP contribution is -2.48. The molecule has 3 atom stereocenters. The van der Waals surface area contributed by atoms with Gasteiger partial charge in [-0.2, -0.15) is 0 Å². The average Bonchev–Trinajstić information content (AvgIpc) is 3.33. The van der Waals surface area contributed by atoms with Gasteiger partial charge in [0.1, 0.15) is 0 Å². The van der Waals surface area contributed by atoms with Gasteiger partial charge in [-0.3, -0.25) is 4.99 Å². The fourth-order valence-corrected chi connectivity index (χ4v) is 4.01. The number of aliphatic imine (C=N–C) groups is 1. The molecule has 2 N–H and O–H groups in total. The number of fused-ring (bicyclic) bond motifs is 2. The van der Waals surface area contributed by atoms with E-state index in [9.17, 15) is 0 Å². The van der Waals surface area contributed by atoms with E-state index in [4.69, 9.17) is 4.74 Å². The van der Waals surface area contributed by atoms with Crippen molar-refractivity contribution in [3.8, 4) is 0 Å². The van der Waals surface area contributed by atoms with Crippen LogP contribution in [0.2, 0.25) is 0 Å². The van der Waals surface area contributed by atoms with E-state index in [-0.39, 0.29) is 24.0 Å². The molecular formula is C15H26IN3O. The molecule has 0 aromatic heterocycles. The monoisotopic (exact) mass is 391 g/mol. The van der Waals surface area contributed by atoms with E-state index in [0.29, 0.717) is 23.7 Å². The summed E-state index contributed by atoms with van der Waals surface area (Å²) in [6, 6.07) is 0.473. The number of nitrogens with one attached hydrogen (secondary N) is 2. The van der Waals surface area contributed by atoms with E-state index in [1.54, 1.807) is 0 Å². The first-order valence-corrected chi connectivity index (χ1v) is 7.92. The van der Waals surface area contributed by atoms with Gasteiger partial charge in [-0.1, -0.05) is 0 Å². The fraction of sp³-hybridized carbons (Fsp3) is 0.933. The van der Waals surface area contributed by atoms with Crippen molar-refractivity contribution in [2.75, 3.05) is 13.6 Å². The predicted molar refractivity (Wildman–Crippen MR) is 90.6 cm³/mol. The van der Waals surface area contributed by atoms with Gasteiger partial charge in [0.2, 0.25) is 0 Å². The molecule has 0 aromatic carbocycles. The molecule has 2 saturated carbocycles. The van der Waals surface area contributed by atoms with Crippen molar-refractivity contribution >= 4 is 29.9 Å². The lowest BCUT2D eigenvalue weighted by atomic mass is 9.95. The summed E-state index contributed by atoms with van der Waals surface area (Å²) in [6.07, 6.45) is 10.3. The summed E-state index contributed by atoms with van der Waals surface area (Å²) in [5.41, 5.74) is 0.628. The number of rotatable bonds is 4. The highest BCUT2D eigenvalue weighted by molar-refractivity contribution is 14.0. The number of hydrogen-bond acceptors (Lipinski definition) is 2. The van der Waals surface area contributed by atoms with Crippen molar-refractivity contribution < 1.29 is 4.74 Å². The van der Waals surface area contributed by atoms with Crippen molar-refractivity contribution in [2.45, 2.75) is 63.2 Å². The van der Waals surface area contributed by atoms with Crippen LogP contribution in [0.4, 0.5) is 0 Å². The van der Waals surface area contributed by atoms with E-state index < -0.39 is 0 Å². The third kappa shape index (κ3) is 2.80. The molecule has 0 amide bonds. The van der Waals surface area contributed by atoms with Crippen LogP contribution in [0.5, 0.6) is 0 Å². The molecule has 3 unspecified atom stereocenters. The molecule has 5 heteroatoms. The second kappa shape index (κ2) is 5.63. The molecule has 4 rings (SSSR count). The first-order chi connectivity index (χ1) is 9.29. The number of hydrogen-bond donors (Lipinski definition) is 2. The van der Waals surface area contributed by atoms with Crippen molar-refractivity contribution in [1.82, 2.24) is 10.6 Å². The number of guanidine groups is 1. The maximum atomic E-state index is 5.89. The first-order valence-electron chi connectivity index (χ1n) is 7.92. The largest absolute Gasteiger partial charge is 0.373 e. The molecule has 2 saturated heterocycles. The predicted octanol–water partition coefficient (Wildman–Crippen LogP) is 2.28. The second-order valence-electron chi connectivity index (χ2n) is 6.92. The van der Waals surface area contributed by atoms with Crippen LogP contribution in [-0.2, 0) is 4.74 Å². The summed E-state index contributed by atoms with van der Waals surface area (Å²) in [5, 5.41) is 7.13. The molecule has 4 fully saturated rings. The molecule has 20 heavy (non-hydrogen) atoms. The van der Waals surface area contributed by atoms with Gasteiger partial charge in [0.15, 0.2) is 5.96 Å². The van der Waals surface area contributed by atoms with Crippen LogP contribution in [0.25, 0.3) is 0 Å². The molecule has 2 aliphatic heterocycles. The van der Waals surface area contributed by atoms with Crippen LogP contribution in [0.1, 0.15) is 44.9 Å². The summed E-state index contributed by atoms with van der Waals surface area (Å²) in [4.78, 5) is 4.38. The van der Waals surface area contributed by atoms with E-state index in [2.05, 4.69) is 15.6 Å². The van der Waals surface area contributed by atoms with Crippen LogP contribution in [0.15, 0.2) is 4.99 Å². The number of ether oxygens (including phenoxy) is 1. The van der Waals surface area contributed by atoms with E-state index in [1.807, 2.05) is 7.05 Å². The first kappa shape index (κ1) is 14.9. The molecule has 4 aliphatic rings. The van der Waals surface area contributed by atoms with Crippen LogP contribution in [0.3, 0.4) is 0 Å². The smallest absolute Gasteiger partial charge is 0.191 e. The van der Waals surface area contributed by atoms with Crippen molar-refractivity contribution in [3.05, 3.63) is 0 Å². The van der Waals surface area contributed by atoms with Gasteiger partial charge in [0.05, 0.1) is 18.2 Å². The Balaban J connectivity index is 0.00000121. The Labute approximate surface area is 138 Å². The Morgan fingerprint density at radius 3 is 2.55 bits per heavy atom. The van der Waals surface area contributed by atoms with Crippen LogP contribution in [-0.4, -0.2) is 37.8 Å². The SMILES string of the molecule is CN=C(NCC1(C2CC2)CC1)NC1CC2CCC1O2.I. The van der Waals surface area contributed by atoms with Gasteiger partial charge in [0.25, 0.3) is 0 Å². The Bertz CT molecular complexity index is 393. The summed E-state index contributed by atoms with van der Waals surface area (Å²) >= 11 is 0. The minimum absolute atomic E-state index is 0. The second-order valence-corrected chi connectivity index (χ2v) is 6.92. The Morgan fingerprint density at radius 2 is 2.05 bits per heavy atom. The highest BCUT2D eigenvalue weighted by Gasteiger charge is 2.53. The maximum Gasteiger partial charge on any atom is 0.191 e. The molecule has 114 valence electrons. The highest BCUT2D eigenvalue weighted by atomic mass is 127. The van der Waals surface area contributed by atoms with E-state index in [0.717, 1.165) is 24.8 Å². The third-order valence-corrected chi connectivity index (χ3v) is 5.60. The zero-order valence-electron chi connectivity index (χ0n) is 12.2. The lowest BCUT2D eigenvalue weighted by molar-refractivity contribution is 0.0992. The zero-order chi connectivity index (χ0) is 12.9. The summed E-state index contributed by atoms with van der Waals surface area (Å²) in [7, 11) is 1.88. The Kier molecular flexibility index (Phi) is 4.19. The normalized spacial score (nSPS) is 37.5. The van der Waals surface area contributed by atoms with Crippen molar-refractivity contribution in [2.24, 2.45) is 16.3 Å². The van der Waals surface area contributed by atoms with Crippen LogP contribution < -0.4 is 10.6 Å². The van der Waals surface area contributed by atoms with Gasteiger partial charge in [-0.15, -0.1) is 24.0 Å². The van der Waals surface area contributed by atoms with Gasteiger partial charge in [-0.05, 0) is 56.3 Å². The quantitative estimate of drug-likeness (QED) is 0.439.